The lowest BCUT2D eigenvalue weighted by Crippen LogP contribution is -2.64. The van der Waals surface area contributed by atoms with Gasteiger partial charge in [0.25, 0.3) is 0 Å². The van der Waals surface area contributed by atoms with E-state index in [1.165, 1.54) is 0 Å². The van der Waals surface area contributed by atoms with E-state index >= 15 is 0 Å². The molecule has 8 rings (SSSR count). The lowest BCUT2D eigenvalue weighted by atomic mass is 9.97. The summed E-state index contributed by atoms with van der Waals surface area (Å²) in [5, 5.41) is 22.2. The molecule has 67 heavy (non-hydrogen) atoms. The maximum Gasteiger partial charge on any atom is 0.224 e. The first-order chi connectivity index (χ1) is 33.1. The molecular weight excluding hydrogens is 853 g/mol. The average Bonchev–Trinajstić information content (AvgIpc) is 3.68. The maximum absolute atomic E-state index is 11.1. The number of hydrogen-bond acceptors (Lipinski definition) is 12. The monoisotopic (exact) mass is 912 g/mol. The molecule has 2 saturated heterocycles. The number of benzene rings is 6. The lowest BCUT2D eigenvalue weighted by Gasteiger charge is -2.48. The summed E-state index contributed by atoms with van der Waals surface area (Å²) >= 11 is 0. The van der Waals surface area contributed by atoms with Gasteiger partial charge in [-0.1, -0.05) is 182 Å². The van der Waals surface area contributed by atoms with Crippen LogP contribution in [0.25, 0.3) is 0 Å². The van der Waals surface area contributed by atoms with Crippen LogP contribution in [0.15, 0.2) is 182 Å². The second-order valence-electron chi connectivity index (χ2n) is 16.6. The lowest BCUT2D eigenvalue weighted by molar-refractivity contribution is -0.399. The Labute approximate surface area is 392 Å². The zero-order valence-electron chi connectivity index (χ0n) is 37.5. The molecule has 0 aromatic heterocycles. The van der Waals surface area contributed by atoms with E-state index in [4.69, 9.17) is 47.4 Å². The van der Waals surface area contributed by atoms with Crippen LogP contribution in [0.1, 0.15) is 33.4 Å². The van der Waals surface area contributed by atoms with Crippen LogP contribution >= 0.6 is 0 Å². The van der Waals surface area contributed by atoms with Crippen molar-refractivity contribution in [2.45, 2.75) is 94.4 Å². The summed E-state index contributed by atoms with van der Waals surface area (Å²) in [5.74, 6) is -1.82. The van der Waals surface area contributed by atoms with E-state index in [-0.39, 0.29) is 46.4 Å². The molecule has 6 aromatic carbocycles. The first-order valence-corrected chi connectivity index (χ1v) is 22.8. The summed E-state index contributed by atoms with van der Waals surface area (Å²) in [5.41, 5.74) is 5.54. The van der Waals surface area contributed by atoms with Crippen molar-refractivity contribution in [3.8, 4) is 0 Å². The molecule has 2 fully saturated rings. The molecule has 2 aliphatic heterocycles. The second-order valence-corrected chi connectivity index (χ2v) is 16.6. The Morgan fingerprint density at radius 2 is 0.761 bits per heavy atom. The molecular formula is C55H60O12. The van der Waals surface area contributed by atoms with Crippen LogP contribution in [0.3, 0.4) is 0 Å². The van der Waals surface area contributed by atoms with Gasteiger partial charge in [-0.3, -0.25) is 0 Å². The molecule has 0 saturated carbocycles. The molecule has 9 atom stereocenters. The van der Waals surface area contributed by atoms with Gasteiger partial charge in [-0.15, -0.1) is 0 Å². The van der Waals surface area contributed by atoms with Crippen LogP contribution in [0.5, 0.6) is 0 Å². The Morgan fingerprint density at radius 3 is 1.19 bits per heavy atom. The van der Waals surface area contributed by atoms with Crippen molar-refractivity contribution in [1.82, 2.24) is 0 Å². The summed E-state index contributed by atoms with van der Waals surface area (Å²) in [6, 6.07) is 58.6. The van der Waals surface area contributed by atoms with Gasteiger partial charge in [-0.25, -0.2) is 0 Å². The highest BCUT2D eigenvalue weighted by molar-refractivity contribution is 5.18. The number of hydrogen-bond donors (Lipinski definition) is 2. The fraction of sp³-hybridized carbons (Fsp3) is 0.345. The van der Waals surface area contributed by atoms with Gasteiger partial charge in [0.15, 0.2) is 6.29 Å². The van der Waals surface area contributed by atoms with E-state index in [1.807, 2.05) is 182 Å². The Kier molecular flexibility index (Phi) is 18.2. The highest BCUT2D eigenvalue weighted by atomic mass is 16.8. The third kappa shape index (κ3) is 13.5. The van der Waals surface area contributed by atoms with Crippen LogP contribution in [-0.4, -0.2) is 91.6 Å². The summed E-state index contributed by atoms with van der Waals surface area (Å²) in [7, 11) is 0. The molecule has 0 amide bonds. The fourth-order valence-corrected chi connectivity index (χ4v) is 8.33. The minimum absolute atomic E-state index is 0.134. The molecule has 2 aliphatic rings. The zero-order valence-corrected chi connectivity index (χ0v) is 37.5. The molecule has 2 N–H and O–H groups in total. The van der Waals surface area contributed by atoms with Crippen molar-refractivity contribution >= 4 is 0 Å². The van der Waals surface area contributed by atoms with Gasteiger partial charge in [0.05, 0.1) is 52.9 Å². The predicted octanol–water partition coefficient (Wildman–Crippen LogP) is 7.93. The highest BCUT2D eigenvalue weighted by Gasteiger charge is 2.61. The minimum Gasteiger partial charge on any atom is -0.394 e. The first-order valence-electron chi connectivity index (χ1n) is 22.8. The standard InChI is InChI=1S/C55H60O12/c56-31-47-49(60-34-42-21-9-2-10-22-42)51(62-36-44-25-13-4-14-26-44)52(63-37-45-27-15-5-16-28-45)54(65-47)67-55(39-59-40-58-33-41-19-7-1-8-20-41)53(64-38-46-29-17-6-18-30-46)50(48(32-57)66-55)61-35-43-23-11-3-12-24-43/h1-30,47-54,56-57H,31-40H2/t47-,48-,49-,50-,51+,52-,53+,54-,55+/m1/s1. The van der Waals surface area contributed by atoms with Crippen molar-refractivity contribution in [2.75, 3.05) is 26.6 Å². The number of aliphatic hydroxyl groups is 2. The van der Waals surface area contributed by atoms with Gasteiger partial charge in [0, 0.05) is 0 Å². The third-order valence-corrected chi connectivity index (χ3v) is 11.7. The second kappa shape index (κ2) is 25.3. The Hall–Kier alpha value is -5.16. The van der Waals surface area contributed by atoms with Crippen molar-refractivity contribution in [2.24, 2.45) is 0 Å². The SMILES string of the molecule is OC[C@H]1O[C@@](COCOCc2ccccc2)(O[C@H]2O[C@H](CO)[C@@H](OCc3ccccc3)[C@H](OCc3ccccc3)[C@H]2OCc2ccccc2)[C@@H](OCc2ccccc2)[C@@H]1OCc1ccccc1. The summed E-state index contributed by atoms with van der Waals surface area (Å²) in [6.45, 7) is -0.0537. The zero-order chi connectivity index (χ0) is 45.9. The van der Waals surface area contributed by atoms with Crippen molar-refractivity contribution in [1.29, 1.82) is 0 Å². The molecule has 0 aliphatic carbocycles. The average molecular weight is 913 g/mol. The van der Waals surface area contributed by atoms with Crippen LogP contribution < -0.4 is 0 Å². The van der Waals surface area contributed by atoms with Gasteiger partial charge < -0.3 is 57.6 Å². The third-order valence-electron chi connectivity index (χ3n) is 11.7. The largest absolute Gasteiger partial charge is 0.394 e. The molecule has 0 bridgehead atoms. The van der Waals surface area contributed by atoms with Gasteiger partial charge in [-0.05, 0) is 33.4 Å². The van der Waals surface area contributed by atoms with Crippen LogP contribution in [0.2, 0.25) is 0 Å². The Balaban J connectivity index is 1.16. The van der Waals surface area contributed by atoms with Crippen molar-refractivity contribution in [3.63, 3.8) is 0 Å². The molecule has 6 aromatic rings. The summed E-state index contributed by atoms with van der Waals surface area (Å²) in [6.07, 6.45) is -7.75. The predicted molar refractivity (Wildman–Crippen MR) is 249 cm³/mol. The van der Waals surface area contributed by atoms with E-state index in [2.05, 4.69) is 0 Å². The van der Waals surface area contributed by atoms with E-state index in [1.54, 1.807) is 0 Å². The molecule has 352 valence electrons. The van der Waals surface area contributed by atoms with Crippen LogP contribution in [0.4, 0.5) is 0 Å². The van der Waals surface area contributed by atoms with Crippen LogP contribution in [0, 0.1) is 0 Å². The van der Waals surface area contributed by atoms with Crippen molar-refractivity contribution in [3.05, 3.63) is 215 Å². The molecule has 0 spiro atoms. The van der Waals surface area contributed by atoms with Gasteiger partial charge in [0.1, 0.15) is 56.1 Å². The Bertz CT molecular complexity index is 2260. The van der Waals surface area contributed by atoms with Crippen LogP contribution in [-0.2, 0) is 87.0 Å². The molecule has 0 radical (unpaired) electrons. The first kappa shape index (κ1) is 48.3. The maximum atomic E-state index is 11.1. The normalized spacial score (nSPS) is 25.0. The number of aliphatic hydroxyl groups excluding tert-OH is 2. The number of rotatable bonds is 25. The van der Waals surface area contributed by atoms with E-state index in [9.17, 15) is 10.2 Å². The Morgan fingerprint density at radius 1 is 0.388 bits per heavy atom. The fourth-order valence-electron chi connectivity index (χ4n) is 8.33. The van der Waals surface area contributed by atoms with Gasteiger partial charge in [-0.2, -0.15) is 0 Å². The van der Waals surface area contributed by atoms with E-state index in [0.717, 1.165) is 33.4 Å². The molecule has 0 unspecified atom stereocenters. The molecule has 12 heteroatoms. The van der Waals surface area contributed by atoms with E-state index in [0.29, 0.717) is 6.61 Å². The molecule has 2 heterocycles. The summed E-state index contributed by atoms with van der Waals surface area (Å²) in [4.78, 5) is 0. The number of ether oxygens (including phenoxy) is 10. The highest BCUT2D eigenvalue weighted by Crippen LogP contribution is 2.42. The van der Waals surface area contributed by atoms with E-state index < -0.39 is 68.0 Å². The minimum atomic E-state index is -1.82. The topological polar surface area (TPSA) is 133 Å². The smallest absolute Gasteiger partial charge is 0.224 e. The van der Waals surface area contributed by atoms with Gasteiger partial charge >= 0.3 is 0 Å². The van der Waals surface area contributed by atoms with Gasteiger partial charge in [0.2, 0.25) is 5.79 Å². The summed E-state index contributed by atoms with van der Waals surface area (Å²) < 4.78 is 67.2. The van der Waals surface area contributed by atoms with Crippen molar-refractivity contribution < 1.29 is 57.6 Å². The quantitative estimate of drug-likeness (QED) is 0.0427. The molecule has 12 nitrogen and oxygen atoms in total.